The number of carbonyl (C=O) groups excluding carboxylic acids is 1. The second-order valence-electron chi connectivity index (χ2n) is 6.29. The van der Waals surface area contributed by atoms with Crippen LogP contribution in [0.2, 0.25) is 0 Å². The highest BCUT2D eigenvalue weighted by Crippen LogP contribution is 2.38. The lowest BCUT2D eigenvalue weighted by Gasteiger charge is -2.39. The van der Waals surface area contributed by atoms with Gasteiger partial charge in [-0.1, -0.05) is 0 Å². The van der Waals surface area contributed by atoms with Crippen LogP contribution in [0.1, 0.15) is 10.4 Å². The predicted molar refractivity (Wildman–Crippen MR) is 90.6 cm³/mol. The lowest BCUT2D eigenvalue weighted by Crippen LogP contribution is -2.58. The first-order chi connectivity index (χ1) is 11.9. The SMILES string of the molecule is Nc1ccc(N2CCOc3cc(C(=O)N4CC(F)(F)C4)ccc32)cc1. The van der Waals surface area contributed by atoms with Crippen LogP contribution >= 0.6 is 0 Å². The fraction of sp³-hybridized carbons (Fsp3) is 0.278. The van der Waals surface area contributed by atoms with E-state index in [1.807, 2.05) is 24.3 Å². The Kier molecular flexibility index (Phi) is 3.52. The number of carbonyl (C=O) groups is 1. The maximum atomic E-state index is 13.0. The minimum atomic E-state index is -2.77. The van der Waals surface area contributed by atoms with E-state index in [4.69, 9.17) is 10.5 Å². The summed E-state index contributed by atoms with van der Waals surface area (Å²) in [5.41, 5.74) is 8.58. The summed E-state index contributed by atoms with van der Waals surface area (Å²) in [5.74, 6) is -2.60. The highest BCUT2D eigenvalue weighted by atomic mass is 19.3. The van der Waals surface area contributed by atoms with Crippen molar-refractivity contribution in [1.29, 1.82) is 0 Å². The van der Waals surface area contributed by atoms with Crippen LogP contribution in [0.15, 0.2) is 42.5 Å². The molecule has 0 unspecified atom stereocenters. The maximum Gasteiger partial charge on any atom is 0.282 e. The fourth-order valence-corrected chi connectivity index (χ4v) is 3.11. The van der Waals surface area contributed by atoms with Crippen LogP contribution in [0.4, 0.5) is 25.8 Å². The second-order valence-corrected chi connectivity index (χ2v) is 6.29. The number of hydrogen-bond acceptors (Lipinski definition) is 4. The van der Waals surface area contributed by atoms with Gasteiger partial charge in [0.25, 0.3) is 11.8 Å². The summed E-state index contributed by atoms with van der Waals surface area (Å²) in [5, 5.41) is 0. The molecule has 0 atom stereocenters. The van der Waals surface area contributed by atoms with E-state index < -0.39 is 24.9 Å². The molecule has 1 fully saturated rings. The van der Waals surface area contributed by atoms with Gasteiger partial charge in [-0.3, -0.25) is 4.79 Å². The number of hydrogen-bond donors (Lipinski definition) is 1. The first-order valence-electron chi connectivity index (χ1n) is 8.00. The van der Waals surface area contributed by atoms with E-state index in [1.165, 1.54) is 0 Å². The molecule has 0 spiro atoms. The molecule has 25 heavy (non-hydrogen) atoms. The summed E-state index contributed by atoms with van der Waals surface area (Å²) in [6.07, 6.45) is 0. The van der Waals surface area contributed by atoms with Crippen molar-refractivity contribution in [3.8, 4) is 5.75 Å². The van der Waals surface area contributed by atoms with Gasteiger partial charge in [-0.2, -0.15) is 0 Å². The normalized spacial score (nSPS) is 18.2. The predicted octanol–water partition coefficient (Wildman–Crippen LogP) is 2.89. The lowest BCUT2D eigenvalue weighted by atomic mass is 10.1. The summed E-state index contributed by atoms with van der Waals surface area (Å²) in [6.45, 7) is 0.0854. The number of benzene rings is 2. The third-order valence-electron chi connectivity index (χ3n) is 4.41. The van der Waals surface area contributed by atoms with Gasteiger partial charge in [0.05, 0.1) is 25.3 Å². The van der Waals surface area contributed by atoms with Gasteiger partial charge in [0.15, 0.2) is 0 Å². The summed E-state index contributed by atoms with van der Waals surface area (Å²) < 4.78 is 31.6. The number of halogens is 2. The molecule has 5 nitrogen and oxygen atoms in total. The Morgan fingerprint density at radius 2 is 1.84 bits per heavy atom. The molecule has 0 aromatic heterocycles. The molecule has 0 bridgehead atoms. The van der Waals surface area contributed by atoms with Crippen molar-refractivity contribution in [2.75, 3.05) is 36.9 Å². The van der Waals surface area contributed by atoms with Gasteiger partial charge >= 0.3 is 0 Å². The van der Waals surface area contributed by atoms with Crippen LogP contribution < -0.4 is 15.4 Å². The fourth-order valence-electron chi connectivity index (χ4n) is 3.11. The zero-order chi connectivity index (χ0) is 17.6. The van der Waals surface area contributed by atoms with Crippen molar-refractivity contribution < 1.29 is 18.3 Å². The van der Waals surface area contributed by atoms with E-state index in [-0.39, 0.29) is 0 Å². The zero-order valence-corrected chi connectivity index (χ0v) is 13.4. The molecule has 2 heterocycles. The Hall–Kier alpha value is -2.83. The molecule has 2 aromatic carbocycles. The molecule has 130 valence electrons. The lowest BCUT2D eigenvalue weighted by molar-refractivity contribution is -0.113. The highest BCUT2D eigenvalue weighted by Gasteiger charge is 2.46. The molecule has 1 amide bonds. The largest absolute Gasteiger partial charge is 0.490 e. The number of amides is 1. The smallest absolute Gasteiger partial charge is 0.282 e. The van der Waals surface area contributed by atoms with Crippen LogP contribution in [-0.4, -0.2) is 43.0 Å². The van der Waals surface area contributed by atoms with Crippen molar-refractivity contribution >= 4 is 23.0 Å². The number of nitrogens with two attached hydrogens (primary N) is 1. The van der Waals surface area contributed by atoms with Crippen molar-refractivity contribution in [1.82, 2.24) is 4.90 Å². The van der Waals surface area contributed by atoms with Crippen LogP contribution in [0.5, 0.6) is 5.75 Å². The molecule has 7 heteroatoms. The number of ether oxygens (including phenoxy) is 1. The van der Waals surface area contributed by atoms with Gasteiger partial charge in [0.2, 0.25) is 0 Å². The van der Waals surface area contributed by atoms with Crippen LogP contribution in [-0.2, 0) is 0 Å². The van der Waals surface area contributed by atoms with E-state index in [9.17, 15) is 13.6 Å². The monoisotopic (exact) mass is 345 g/mol. The number of alkyl halides is 2. The van der Waals surface area contributed by atoms with Crippen molar-refractivity contribution in [2.45, 2.75) is 5.92 Å². The molecule has 2 aromatic rings. The third-order valence-corrected chi connectivity index (χ3v) is 4.41. The molecule has 2 aliphatic rings. The molecule has 0 saturated carbocycles. The van der Waals surface area contributed by atoms with E-state index in [0.717, 1.165) is 16.3 Å². The molecular formula is C18H17F2N3O2. The average molecular weight is 345 g/mol. The summed E-state index contributed by atoms with van der Waals surface area (Å²) >= 11 is 0. The van der Waals surface area contributed by atoms with Crippen LogP contribution in [0.25, 0.3) is 0 Å². The molecule has 4 rings (SSSR count). The Labute approximate surface area is 143 Å². The first kappa shape index (κ1) is 15.7. The summed E-state index contributed by atoms with van der Waals surface area (Å²) in [6, 6.07) is 12.6. The number of nitrogen functional groups attached to an aromatic ring is 1. The summed E-state index contributed by atoms with van der Waals surface area (Å²) in [4.78, 5) is 15.5. The molecule has 2 N–H and O–H groups in total. The van der Waals surface area contributed by atoms with Gasteiger partial charge in [-0.05, 0) is 42.5 Å². The van der Waals surface area contributed by atoms with Crippen molar-refractivity contribution in [3.63, 3.8) is 0 Å². The van der Waals surface area contributed by atoms with Crippen LogP contribution in [0, 0.1) is 0 Å². The Bertz CT molecular complexity index is 816. The topological polar surface area (TPSA) is 58.8 Å². The minimum Gasteiger partial charge on any atom is -0.490 e. The third kappa shape index (κ3) is 2.86. The number of rotatable bonds is 2. The Balaban J connectivity index is 1.60. The first-order valence-corrected chi connectivity index (χ1v) is 8.00. The number of fused-ring (bicyclic) bond motifs is 1. The Morgan fingerprint density at radius 3 is 2.52 bits per heavy atom. The number of anilines is 3. The van der Waals surface area contributed by atoms with E-state index in [1.54, 1.807) is 18.2 Å². The van der Waals surface area contributed by atoms with Crippen LogP contribution in [0.3, 0.4) is 0 Å². The average Bonchev–Trinajstić information content (AvgIpc) is 2.58. The maximum absolute atomic E-state index is 13.0. The van der Waals surface area contributed by atoms with Gasteiger partial charge < -0.3 is 20.3 Å². The molecule has 1 saturated heterocycles. The van der Waals surface area contributed by atoms with Crippen molar-refractivity contribution in [2.24, 2.45) is 0 Å². The number of nitrogens with zero attached hydrogens (tertiary/aromatic N) is 2. The van der Waals surface area contributed by atoms with Gasteiger partial charge in [0, 0.05) is 16.9 Å². The molecule has 2 aliphatic heterocycles. The standard InChI is InChI=1S/C18H17F2N3O2/c19-18(20)10-22(11-18)17(24)12-1-6-15-16(9-12)25-8-7-23(15)14-4-2-13(21)3-5-14/h1-6,9H,7-8,10-11,21H2. The van der Waals surface area contributed by atoms with Gasteiger partial charge in [0.1, 0.15) is 12.4 Å². The van der Waals surface area contributed by atoms with Gasteiger partial charge in [-0.15, -0.1) is 0 Å². The minimum absolute atomic E-state index is 0.355. The van der Waals surface area contributed by atoms with E-state index >= 15 is 0 Å². The quantitative estimate of drug-likeness (QED) is 0.851. The molecule has 0 radical (unpaired) electrons. The molecular weight excluding hydrogens is 328 g/mol. The van der Waals surface area contributed by atoms with Gasteiger partial charge in [-0.25, -0.2) is 8.78 Å². The molecule has 0 aliphatic carbocycles. The summed E-state index contributed by atoms with van der Waals surface area (Å²) in [7, 11) is 0. The zero-order valence-electron chi connectivity index (χ0n) is 13.4. The Morgan fingerprint density at radius 1 is 1.12 bits per heavy atom. The number of likely N-dealkylation sites (tertiary alicyclic amines) is 1. The van der Waals surface area contributed by atoms with E-state index in [2.05, 4.69) is 4.90 Å². The second kappa shape index (κ2) is 5.61. The highest BCUT2D eigenvalue weighted by molar-refractivity contribution is 5.96. The van der Waals surface area contributed by atoms with Crippen molar-refractivity contribution in [3.05, 3.63) is 48.0 Å². The van der Waals surface area contributed by atoms with E-state index in [0.29, 0.717) is 30.2 Å².